The number of fused-ring (bicyclic) bond motifs is 1. The van der Waals surface area contributed by atoms with Crippen molar-refractivity contribution in [3.63, 3.8) is 0 Å². The third kappa shape index (κ3) is 5.39. The van der Waals surface area contributed by atoms with E-state index in [4.69, 9.17) is 13.9 Å². The zero-order valence-corrected chi connectivity index (χ0v) is 18.9. The molecular formula is C23H31NO4Si. The van der Waals surface area contributed by atoms with Gasteiger partial charge in [0.05, 0.1) is 12.5 Å². The first-order valence-corrected chi connectivity index (χ1v) is 13.0. The predicted molar refractivity (Wildman–Crippen MR) is 116 cm³/mol. The fourth-order valence-electron chi connectivity index (χ4n) is 2.99. The summed E-state index contributed by atoms with van der Waals surface area (Å²) >= 11 is 0. The van der Waals surface area contributed by atoms with Gasteiger partial charge in [0.2, 0.25) is 6.29 Å². The van der Waals surface area contributed by atoms with E-state index < -0.39 is 20.7 Å². The van der Waals surface area contributed by atoms with Crippen molar-refractivity contribution < 1.29 is 18.7 Å². The van der Waals surface area contributed by atoms with E-state index in [1.807, 2.05) is 54.6 Å². The molecule has 1 N–H and O–H groups in total. The zero-order valence-electron chi connectivity index (χ0n) is 17.9. The van der Waals surface area contributed by atoms with Gasteiger partial charge in [-0.15, -0.1) is 0 Å². The Morgan fingerprint density at radius 2 is 1.76 bits per heavy atom. The molecule has 156 valence electrons. The minimum atomic E-state index is -2.00. The molecule has 2 atom stereocenters. The van der Waals surface area contributed by atoms with Gasteiger partial charge in [-0.3, -0.25) is 0 Å². The summed E-state index contributed by atoms with van der Waals surface area (Å²) in [5, 5.41) is 2.87. The van der Waals surface area contributed by atoms with Crippen molar-refractivity contribution in [3.8, 4) is 5.75 Å². The van der Waals surface area contributed by atoms with Crippen LogP contribution in [-0.2, 0) is 15.7 Å². The van der Waals surface area contributed by atoms with Crippen LogP contribution in [-0.4, -0.2) is 20.7 Å². The Labute approximate surface area is 174 Å². The van der Waals surface area contributed by atoms with Gasteiger partial charge in [0.25, 0.3) is 0 Å². The van der Waals surface area contributed by atoms with Crippen LogP contribution in [0.4, 0.5) is 4.79 Å². The SMILES string of the molecule is CC(C)(C)[Si](C)(C)OC1CC(OC(=O)NCc2ccccc2)Oc2ccccc21. The van der Waals surface area contributed by atoms with Crippen molar-refractivity contribution in [1.82, 2.24) is 5.32 Å². The molecule has 0 spiro atoms. The summed E-state index contributed by atoms with van der Waals surface area (Å²) in [6.45, 7) is 11.5. The second-order valence-corrected chi connectivity index (χ2v) is 13.7. The van der Waals surface area contributed by atoms with E-state index in [-0.39, 0.29) is 11.1 Å². The van der Waals surface area contributed by atoms with Gasteiger partial charge in [-0.2, -0.15) is 0 Å². The summed E-state index contributed by atoms with van der Waals surface area (Å²) in [7, 11) is -2.00. The fourth-order valence-corrected chi connectivity index (χ4v) is 4.28. The van der Waals surface area contributed by atoms with Crippen LogP contribution in [0.1, 0.15) is 44.4 Å². The summed E-state index contributed by atoms with van der Waals surface area (Å²) in [5.41, 5.74) is 2.03. The third-order valence-electron chi connectivity index (χ3n) is 5.69. The normalized spacial score (nSPS) is 19.1. The largest absolute Gasteiger partial charge is 0.454 e. The summed E-state index contributed by atoms with van der Waals surface area (Å²) in [6, 6.07) is 17.6. The first kappa shape index (κ1) is 21.4. The highest BCUT2D eigenvalue weighted by Gasteiger charge is 2.42. The molecule has 1 heterocycles. The van der Waals surface area contributed by atoms with Gasteiger partial charge in [0.1, 0.15) is 5.75 Å². The zero-order chi connectivity index (χ0) is 21.1. The Bertz CT molecular complexity index is 832. The maximum atomic E-state index is 12.3. The molecule has 0 fully saturated rings. The Kier molecular flexibility index (Phi) is 6.34. The van der Waals surface area contributed by atoms with E-state index in [1.54, 1.807) is 0 Å². The van der Waals surface area contributed by atoms with Crippen molar-refractivity contribution in [2.45, 2.75) is 64.3 Å². The molecule has 2 unspecified atom stereocenters. The van der Waals surface area contributed by atoms with Gasteiger partial charge in [0.15, 0.2) is 8.32 Å². The van der Waals surface area contributed by atoms with E-state index in [0.29, 0.717) is 18.7 Å². The van der Waals surface area contributed by atoms with Crippen molar-refractivity contribution in [2.24, 2.45) is 0 Å². The first-order valence-electron chi connectivity index (χ1n) is 10.1. The van der Waals surface area contributed by atoms with Crippen LogP contribution in [0.3, 0.4) is 0 Å². The van der Waals surface area contributed by atoms with E-state index in [9.17, 15) is 4.79 Å². The molecule has 0 aliphatic carbocycles. The number of alkyl carbamates (subject to hydrolysis) is 1. The lowest BCUT2D eigenvalue weighted by Gasteiger charge is -2.41. The monoisotopic (exact) mass is 413 g/mol. The molecule has 0 saturated carbocycles. The van der Waals surface area contributed by atoms with Gasteiger partial charge in [-0.05, 0) is 29.8 Å². The maximum absolute atomic E-state index is 12.3. The van der Waals surface area contributed by atoms with Crippen LogP contribution in [0.2, 0.25) is 18.1 Å². The highest BCUT2D eigenvalue weighted by Crippen LogP contribution is 2.44. The quantitative estimate of drug-likeness (QED) is 0.631. The number of carbonyl (C=O) groups is 1. The second-order valence-electron chi connectivity index (χ2n) is 8.93. The average Bonchev–Trinajstić information content (AvgIpc) is 2.66. The molecule has 3 rings (SSSR count). The van der Waals surface area contributed by atoms with E-state index in [0.717, 1.165) is 11.1 Å². The van der Waals surface area contributed by atoms with Crippen LogP contribution in [0.5, 0.6) is 5.75 Å². The van der Waals surface area contributed by atoms with Gasteiger partial charge in [-0.1, -0.05) is 69.3 Å². The first-order chi connectivity index (χ1) is 13.7. The second kappa shape index (κ2) is 8.59. The Morgan fingerprint density at radius 3 is 2.45 bits per heavy atom. The van der Waals surface area contributed by atoms with E-state index in [2.05, 4.69) is 39.2 Å². The van der Waals surface area contributed by atoms with Crippen LogP contribution >= 0.6 is 0 Å². The third-order valence-corrected chi connectivity index (χ3v) is 10.2. The maximum Gasteiger partial charge on any atom is 0.410 e. The molecule has 1 aliphatic heterocycles. The number of hydrogen-bond acceptors (Lipinski definition) is 4. The predicted octanol–water partition coefficient (Wildman–Crippen LogP) is 5.78. The molecule has 29 heavy (non-hydrogen) atoms. The molecule has 0 radical (unpaired) electrons. The lowest BCUT2D eigenvalue weighted by atomic mass is 10.0. The van der Waals surface area contributed by atoms with Gasteiger partial charge in [0, 0.05) is 12.1 Å². The Hall–Kier alpha value is -2.31. The number of ether oxygens (including phenoxy) is 2. The molecule has 0 bridgehead atoms. The minimum absolute atomic E-state index is 0.0870. The number of amides is 1. The minimum Gasteiger partial charge on any atom is -0.454 e. The van der Waals surface area contributed by atoms with E-state index in [1.165, 1.54) is 0 Å². The molecule has 2 aromatic rings. The van der Waals surface area contributed by atoms with Crippen molar-refractivity contribution in [3.05, 3.63) is 65.7 Å². The Balaban J connectivity index is 1.67. The molecule has 0 aromatic heterocycles. The summed E-state index contributed by atoms with van der Waals surface area (Å²) in [4.78, 5) is 12.3. The summed E-state index contributed by atoms with van der Waals surface area (Å²) < 4.78 is 18.2. The molecule has 0 saturated heterocycles. The van der Waals surface area contributed by atoms with E-state index >= 15 is 0 Å². The highest BCUT2D eigenvalue weighted by molar-refractivity contribution is 6.74. The van der Waals surface area contributed by atoms with Gasteiger partial charge < -0.3 is 19.2 Å². The molecule has 5 nitrogen and oxygen atoms in total. The average molecular weight is 414 g/mol. The van der Waals surface area contributed by atoms with Gasteiger partial charge in [-0.25, -0.2) is 4.79 Å². The molecule has 6 heteroatoms. The summed E-state index contributed by atoms with van der Waals surface area (Å²) in [5.74, 6) is 0.711. The Morgan fingerprint density at radius 1 is 1.10 bits per heavy atom. The number of hydrogen-bond donors (Lipinski definition) is 1. The van der Waals surface area contributed by atoms with Crippen LogP contribution < -0.4 is 10.1 Å². The fraction of sp³-hybridized carbons (Fsp3) is 0.435. The number of rotatable bonds is 5. The van der Waals surface area contributed by atoms with Crippen molar-refractivity contribution in [2.75, 3.05) is 0 Å². The lowest BCUT2D eigenvalue weighted by molar-refractivity contribution is -0.0727. The standard InChI is InChI=1S/C23H31NO4Si/c1-23(2,3)29(4,5)28-20-15-21(26-19-14-10-9-13-18(19)20)27-22(25)24-16-17-11-7-6-8-12-17/h6-14,20-21H,15-16H2,1-5H3,(H,24,25). The smallest absolute Gasteiger partial charge is 0.410 e. The molecule has 1 amide bonds. The molecule has 1 aliphatic rings. The number of carbonyl (C=O) groups excluding carboxylic acids is 1. The number of benzene rings is 2. The summed E-state index contributed by atoms with van der Waals surface area (Å²) in [6.07, 6.45) is -0.866. The van der Waals surface area contributed by atoms with Gasteiger partial charge >= 0.3 is 6.09 Å². The topological polar surface area (TPSA) is 56.8 Å². The molecule has 2 aromatic carbocycles. The van der Waals surface area contributed by atoms with Crippen LogP contribution in [0, 0.1) is 0 Å². The van der Waals surface area contributed by atoms with Crippen molar-refractivity contribution in [1.29, 1.82) is 0 Å². The number of para-hydroxylation sites is 1. The highest BCUT2D eigenvalue weighted by atomic mass is 28.4. The molecular weight excluding hydrogens is 382 g/mol. The number of nitrogens with one attached hydrogen (secondary N) is 1. The van der Waals surface area contributed by atoms with Crippen LogP contribution in [0.25, 0.3) is 0 Å². The van der Waals surface area contributed by atoms with Crippen molar-refractivity contribution >= 4 is 14.4 Å². The van der Waals surface area contributed by atoms with Crippen LogP contribution in [0.15, 0.2) is 54.6 Å². The lowest BCUT2D eigenvalue weighted by Crippen LogP contribution is -2.44.